The van der Waals surface area contributed by atoms with Crippen molar-refractivity contribution in [3.63, 3.8) is 0 Å². The summed E-state index contributed by atoms with van der Waals surface area (Å²) in [4.78, 5) is 22.1. The molecule has 2 rings (SSSR count). The van der Waals surface area contributed by atoms with Crippen molar-refractivity contribution in [2.45, 2.75) is 12.8 Å². The van der Waals surface area contributed by atoms with Crippen molar-refractivity contribution in [3.8, 4) is 0 Å². The van der Waals surface area contributed by atoms with Crippen LogP contribution in [0.25, 0.3) is 6.08 Å². The molecule has 21 heavy (non-hydrogen) atoms. The maximum absolute atomic E-state index is 11.7. The van der Waals surface area contributed by atoms with Crippen molar-refractivity contribution in [1.29, 1.82) is 0 Å². The fraction of sp³-hybridized carbons (Fsp3) is 0.400. The van der Waals surface area contributed by atoms with Crippen LogP contribution in [0.1, 0.15) is 18.4 Å². The fourth-order valence-corrected chi connectivity index (χ4v) is 2.23. The minimum atomic E-state index is -0.461. The van der Waals surface area contributed by atoms with Gasteiger partial charge in [0, 0.05) is 25.3 Å². The van der Waals surface area contributed by atoms with Gasteiger partial charge in [-0.2, -0.15) is 0 Å². The molecule has 0 unspecified atom stereocenters. The highest BCUT2D eigenvalue weighted by atomic mass is 16.6. The second-order valence-electron chi connectivity index (χ2n) is 4.98. The van der Waals surface area contributed by atoms with Crippen molar-refractivity contribution in [1.82, 2.24) is 5.32 Å². The molecule has 0 aliphatic carbocycles. The minimum Gasteiger partial charge on any atom is -0.381 e. The Kier molecular flexibility index (Phi) is 5.45. The van der Waals surface area contributed by atoms with Gasteiger partial charge in [-0.15, -0.1) is 0 Å². The summed E-state index contributed by atoms with van der Waals surface area (Å²) in [6.45, 7) is 2.04. The van der Waals surface area contributed by atoms with Gasteiger partial charge in [-0.3, -0.25) is 14.9 Å². The molecule has 0 radical (unpaired) electrons. The molecule has 0 saturated carbocycles. The molecule has 1 aliphatic rings. The van der Waals surface area contributed by atoms with Crippen LogP contribution in [-0.4, -0.2) is 30.6 Å². The number of nitro groups is 1. The first-order valence-electron chi connectivity index (χ1n) is 6.94. The summed E-state index contributed by atoms with van der Waals surface area (Å²) >= 11 is 0. The number of carbonyl (C=O) groups excluding carboxylic acids is 1. The van der Waals surface area contributed by atoms with E-state index in [1.54, 1.807) is 18.2 Å². The lowest BCUT2D eigenvalue weighted by molar-refractivity contribution is -0.385. The summed E-state index contributed by atoms with van der Waals surface area (Å²) in [5.74, 6) is 0.0980. The number of amides is 1. The average molecular weight is 290 g/mol. The quantitative estimate of drug-likeness (QED) is 0.512. The van der Waals surface area contributed by atoms with Gasteiger partial charge in [-0.05, 0) is 30.9 Å². The Morgan fingerprint density at radius 3 is 3.00 bits per heavy atom. The molecule has 0 bridgehead atoms. The Hall–Kier alpha value is -2.21. The van der Waals surface area contributed by atoms with E-state index in [0.717, 1.165) is 19.4 Å². The number of nitrogens with zero attached hydrogens (tertiary/aromatic N) is 1. The maximum atomic E-state index is 11.7. The standard InChI is InChI=1S/C15H18N2O4/c18-15(16-10-12-4-3-9-21-11-12)8-7-13-5-1-2-6-14(13)17(19)20/h1-2,5-8,12H,3-4,9-11H2,(H,16,18)/b8-7+/t12-/m1/s1. The van der Waals surface area contributed by atoms with Gasteiger partial charge in [0.25, 0.3) is 5.69 Å². The zero-order valence-corrected chi connectivity index (χ0v) is 11.7. The zero-order valence-electron chi connectivity index (χ0n) is 11.7. The first-order chi connectivity index (χ1) is 10.2. The van der Waals surface area contributed by atoms with E-state index in [9.17, 15) is 14.9 Å². The van der Waals surface area contributed by atoms with Crippen LogP contribution in [0, 0.1) is 16.0 Å². The molecule has 0 aromatic heterocycles. The Bertz CT molecular complexity index is 536. The molecule has 1 aliphatic heterocycles. The zero-order chi connectivity index (χ0) is 15.1. The van der Waals surface area contributed by atoms with E-state index in [1.807, 2.05) is 0 Å². The highest BCUT2D eigenvalue weighted by Crippen LogP contribution is 2.18. The van der Waals surface area contributed by atoms with Gasteiger partial charge >= 0.3 is 0 Å². The van der Waals surface area contributed by atoms with Gasteiger partial charge in [0.2, 0.25) is 5.91 Å². The van der Waals surface area contributed by atoms with Crippen molar-refractivity contribution in [2.24, 2.45) is 5.92 Å². The molecular weight excluding hydrogens is 272 g/mol. The molecule has 1 heterocycles. The number of carbonyl (C=O) groups is 1. The summed E-state index contributed by atoms with van der Waals surface area (Å²) in [5, 5.41) is 13.7. The number of benzene rings is 1. The molecule has 1 aromatic carbocycles. The molecule has 1 atom stereocenters. The van der Waals surface area contributed by atoms with Crippen molar-refractivity contribution in [2.75, 3.05) is 19.8 Å². The van der Waals surface area contributed by atoms with Crippen molar-refractivity contribution >= 4 is 17.7 Å². The Balaban J connectivity index is 1.88. The summed E-state index contributed by atoms with van der Waals surface area (Å²) in [6.07, 6.45) is 4.86. The number of ether oxygens (including phenoxy) is 1. The third-order valence-electron chi connectivity index (χ3n) is 3.37. The lowest BCUT2D eigenvalue weighted by atomic mass is 10.0. The van der Waals surface area contributed by atoms with Gasteiger partial charge in [0.1, 0.15) is 0 Å². The van der Waals surface area contributed by atoms with Gasteiger partial charge in [-0.1, -0.05) is 12.1 Å². The summed E-state index contributed by atoms with van der Waals surface area (Å²) in [7, 11) is 0. The normalized spacial score (nSPS) is 18.6. The van der Waals surface area contributed by atoms with E-state index < -0.39 is 4.92 Å². The lowest BCUT2D eigenvalue weighted by Gasteiger charge is -2.21. The molecule has 1 fully saturated rings. The molecule has 1 aromatic rings. The van der Waals surface area contributed by atoms with Crippen LogP contribution >= 0.6 is 0 Å². The Labute approximate surface area is 122 Å². The van der Waals surface area contributed by atoms with Crippen molar-refractivity contribution < 1.29 is 14.5 Å². The number of para-hydroxylation sites is 1. The molecule has 112 valence electrons. The summed E-state index contributed by atoms with van der Waals surface area (Å²) < 4.78 is 5.34. The number of hydrogen-bond donors (Lipinski definition) is 1. The van der Waals surface area contributed by atoms with Crippen LogP contribution < -0.4 is 5.32 Å². The number of nitro benzene ring substituents is 1. The third-order valence-corrected chi connectivity index (χ3v) is 3.37. The topological polar surface area (TPSA) is 81.5 Å². The summed E-state index contributed by atoms with van der Waals surface area (Å²) in [5.41, 5.74) is 0.404. The highest BCUT2D eigenvalue weighted by molar-refractivity contribution is 5.92. The van der Waals surface area contributed by atoms with E-state index in [2.05, 4.69) is 5.32 Å². The highest BCUT2D eigenvalue weighted by Gasteiger charge is 2.14. The second kappa shape index (κ2) is 7.54. The Morgan fingerprint density at radius 1 is 1.48 bits per heavy atom. The SMILES string of the molecule is O=C(/C=C/c1ccccc1[N+](=O)[O-])NC[C@H]1CCCOC1. The largest absolute Gasteiger partial charge is 0.381 e. The number of rotatable bonds is 5. The molecule has 6 heteroatoms. The Morgan fingerprint density at radius 2 is 2.29 bits per heavy atom. The van der Waals surface area contributed by atoms with Crippen LogP contribution in [-0.2, 0) is 9.53 Å². The van der Waals surface area contributed by atoms with Crippen LogP contribution in [0.4, 0.5) is 5.69 Å². The van der Waals surface area contributed by atoms with E-state index >= 15 is 0 Å². The molecular formula is C15H18N2O4. The van der Waals surface area contributed by atoms with Gasteiger partial charge in [0.15, 0.2) is 0 Å². The monoisotopic (exact) mass is 290 g/mol. The van der Waals surface area contributed by atoms with E-state index in [4.69, 9.17) is 4.74 Å². The molecule has 6 nitrogen and oxygen atoms in total. The fourth-order valence-electron chi connectivity index (χ4n) is 2.23. The number of nitrogens with one attached hydrogen (secondary N) is 1. The molecule has 1 N–H and O–H groups in total. The van der Waals surface area contributed by atoms with E-state index in [0.29, 0.717) is 24.6 Å². The molecule has 0 spiro atoms. The number of hydrogen-bond acceptors (Lipinski definition) is 4. The average Bonchev–Trinajstić information content (AvgIpc) is 2.52. The van der Waals surface area contributed by atoms with E-state index in [1.165, 1.54) is 18.2 Å². The third kappa shape index (κ3) is 4.68. The van der Waals surface area contributed by atoms with Crippen LogP contribution in [0.3, 0.4) is 0 Å². The van der Waals surface area contributed by atoms with Crippen LogP contribution in [0.15, 0.2) is 30.3 Å². The van der Waals surface area contributed by atoms with Crippen molar-refractivity contribution in [3.05, 3.63) is 46.0 Å². The minimum absolute atomic E-state index is 0.0118. The predicted octanol–water partition coefficient (Wildman–Crippen LogP) is 2.15. The smallest absolute Gasteiger partial charge is 0.276 e. The predicted molar refractivity (Wildman–Crippen MR) is 78.7 cm³/mol. The first-order valence-corrected chi connectivity index (χ1v) is 6.94. The van der Waals surface area contributed by atoms with Gasteiger partial charge in [-0.25, -0.2) is 0 Å². The maximum Gasteiger partial charge on any atom is 0.276 e. The summed E-state index contributed by atoms with van der Waals surface area (Å²) in [6, 6.07) is 6.32. The first kappa shape index (κ1) is 15.2. The second-order valence-corrected chi connectivity index (χ2v) is 4.98. The van der Waals surface area contributed by atoms with E-state index in [-0.39, 0.29) is 11.6 Å². The van der Waals surface area contributed by atoms with Crippen LogP contribution in [0.2, 0.25) is 0 Å². The lowest BCUT2D eigenvalue weighted by Crippen LogP contribution is -2.32. The van der Waals surface area contributed by atoms with Gasteiger partial charge in [0.05, 0.1) is 17.1 Å². The van der Waals surface area contributed by atoms with Crippen LogP contribution in [0.5, 0.6) is 0 Å². The molecule has 1 amide bonds. The van der Waals surface area contributed by atoms with Gasteiger partial charge < -0.3 is 10.1 Å². The molecule has 1 saturated heterocycles.